The maximum absolute atomic E-state index is 12.0. The lowest BCUT2D eigenvalue weighted by molar-refractivity contribution is -0.126. The number of nitrogens with two attached hydrogens (primary N) is 1. The fourth-order valence-corrected chi connectivity index (χ4v) is 2.68. The smallest absolute Gasteiger partial charge is 0.223 e. The van der Waals surface area contributed by atoms with E-state index in [4.69, 9.17) is 10.5 Å². The van der Waals surface area contributed by atoms with Crippen molar-refractivity contribution in [2.24, 2.45) is 11.7 Å². The second-order valence-corrected chi connectivity index (χ2v) is 5.79. The summed E-state index contributed by atoms with van der Waals surface area (Å²) < 4.78 is 5.59. The van der Waals surface area contributed by atoms with Crippen molar-refractivity contribution >= 4 is 5.91 Å². The average molecular weight is 290 g/mol. The summed E-state index contributed by atoms with van der Waals surface area (Å²) in [6.07, 6.45) is 4.65. The first kappa shape index (κ1) is 16.0. The monoisotopic (exact) mass is 290 g/mol. The van der Waals surface area contributed by atoms with Crippen LogP contribution in [0.25, 0.3) is 0 Å². The van der Waals surface area contributed by atoms with Crippen molar-refractivity contribution in [1.82, 2.24) is 5.32 Å². The van der Waals surface area contributed by atoms with Crippen molar-refractivity contribution in [3.8, 4) is 0 Å². The van der Waals surface area contributed by atoms with Crippen LogP contribution in [0.1, 0.15) is 37.7 Å². The van der Waals surface area contributed by atoms with Crippen LogP contribution in [0.2, 0.25) is 0 Å². The predicted molar refractivity (Wildman–Crippen MR) is 83.7 cm³/mol. The molecular weight excluding hydrogens is 264 g/mol. The van der Waals surface area contributed by atoms with Gasteiger partial charge in [-0.1, -0.05) is 30.3 Å². The zero-order chi connectivity index (χ0) is 14.9. The molecule has 1 aromatic rings. The highest BCUT2D eigenvalue weighted by atomic mass is 16.5. The SMILES string of the molecule is NC1CCC(C(=O)NCCCOCc2ccccc2)CC1. The molecule has 1 aliphatic carbocycles. The number of carbonyl (C=O) groups is 1. The molecule has 1 amide bonds. The van der Waals surface area contributed by atoms with Gasteiger partial charge in [0.05, 0.1) is 6.61 Å². The molecule has 1 fully saturated rings. The highest BCUT2D eigenvalue weighted by molar-refractivity contribution is 5.78. The van der Waals surface area contributed by atoms with Crippen molar-refractivity contribution in [1.29, 1.82) is 0 Å². The van der Waals surface area contributed by atoms with Crippen LogP contribution in [0.5, 0.6) is 0 Å². The summed E-state index contributed by atoms with van der Waals surface area (Å²) >= 11 is 0. The molecule has 1 saturated carbocycles. The quantitative estimate of drug-likeness (QED) is 0.757. The van der Waals surface area contributed by atoms with Gasteiger partial charge in [0.2, 0.25) is 5.91 Å². The largest absolute Gasteiger partial charge is 0.377 e. The molecule has 3 N–H and O–H groups in total. The van der Waals surface area contributed by atoms with Crippen LogP contribution in [0.15, 0.2) is 30.3 Å². The zero-order valence-corrected chi connectivity index (χ0v) is 12.6. The molecule has 0 unspecified atom stereocenters. The molecule has 0 atom stereocenters. The minimum Gasteiger partial charge on any atom is -0.377 e. The summed E-state index contributed by atoms with van der Waals surface area (Å²) in [5, 5.41) is 3.01. The van der Waals surface area contributed by atoms with Gasteiger partial charge in [-0.05, 0) is 37.7 Å². The van der Waals surface area contributed by atoms with Crippen LogP contribution in [0.3, 0.4) is 0 Å². The fourth-order valence-electron chi connectivity index (χ4n) is 2.68. The van der Waals surface area contributed by atoms with E-state index in [0.717, 1.165) is 32.1 Å². The highest BCUT2D eigenvalue weighted by Crippen LogP contribution is 2.23. The molecule has 0 heterocycles. The third-order valence-electron chi connectivity index (χ3n) is 4.02. The van der Waals surface area contributed by atoms with E-state index < -0.39 is 0 Å². The molecular formula is C17H26N2O2. The molecule has 1 aromatic carbocycles. The molecule has 0 bridgehead atoms. The number of amides is 1. The number of carbonyl (C=O) groups excluding carboxylic acids is 1. The Hall–Kier alpha value is -1.39. The van der Waals surface area contributed by atoms with Crippen LogP contribution in [0, 0.1) is 5.92 Å². The first-order valence-corrected chi connectivity index (χ1v) is 7.90. The minimum absolute atomic E-state index is 0.162. The van der Waals surface area contributed by atoms with E-state index in [2.05, 4.69) is 17.4 Å². The lowest BCUT2D eigenvalue weighted by Gasteiger charge is -2.25. The van der Waals surface area contributed by atoms with E-state index in [-0.39, 0.29) is 11.8 Å². The van der Waals surface area contributed by atoms with E-state index in [0.29, 0.717) is 25.8 Å². The van der Waals surface area contributed by atoms with Crippen molar-refractivity contribution in [3.63, 3.8) is 0 Å². The van der Waals surface area contributed by atoms with Crippen molar-refractivity contribution in [2.75, 3.05) is 13.2 Å². The third-order valence-corrected chi connectivity index (χ3v) is 4.02. The molecule has 0 aliphatic heterocycles. The number of benzene rings is 1. The molecule has 116 valence electrons. The van der Waals surface area contributed by atoms with Gasteiger partial charge >= 0.3 is 0 Å². The van der Waals surface area contributed by atoms with E-state index in [9.17, 15) is 4.79 Å². The van der Waals surface area contributed by atoms with Crippen LogP contribution in [-0.4, -0.2) is 25.1 Å². The molecule has 0 spiro atoms. The van der Waals surface area contributed by atoms with Crippen LogP contribution in [-0.2, 0) is 16.1 Å². The molecule has 1 aliphatic rings. The summed E-state index contributed by atoms with van der Waals surface area (Å²) in [6, 6.07) is 10.4. The van der Waals surface area contributed by atoms with Crippen molar-refractivity contribution < 1.29 is 9.53 Å². The summed E-state index contributed by atoms with van der Waals surface area (Å²) in [4.78, 5) is 12.0. The van der Waals surface area contributed by atoms with Gasteiger partial charge in [-0.25, -0.2) is 0 Å². The Morgan fingerprint density at radius 1 is 1.19 bits per heavy atom. The Morgan fingerprint density at radius 3 is 2.62 bits per heavy atom. The maximum atomic E-state index is 12.0. The Kier molecular flexibility index (Phi) is 6.70. The Labute approximate surface area is 127 Å². The van der Waals surface area contributed by atoms with E-state index in [1.165, 1.54) is 5.56 Å². The van der Waals surface area contributed by atoms with Gasteiger partial charge < -0.3 is 15.8 Å². The van der Waals surface area contributed by atoms with Gasteiger partial charge in [0, 0.05) is 25.1 Å². The van der Waals surface area contributed by atoms with Gasteiger partial charge in [0.25, 0.3) is 0 Å². The van der Waals surface area contributed by atoms with Crippen LogP contribution >= 0.6 is 0 Å². The van der Waals surface area contributed by atoms with Gasteiger partial charge in [-0.15, -0.1) is 0 Å². The first-order chi connectivity index (χ1) is 10.3. The molecule has 0 radical (unpaired) electrons. The Balaban J connectivity index is 1.50. The van der Waals surface area contributed by atoms with Gasteiger partial charge in [-0.3, -0.25) is 4.79 Å². The number of nitrogens with one attached hydrogen (secondary N) is 1. The molecule has 2 rings (SSSR count). The second-order valence-electron chi connectivity index (χ2n) is 5.79. The van der Waals surface area contributed by atoms with Crippen molar-refractivity contribution in [2.45, 2.75) is 44.8 Å². The topological polar surface area (TPSA) is 64.4 Å². The Morgan fingerprint density at radius 2 is 1.90 bits per heavy atom. The number of ether oxygens (including phenoxy) is 1. The zero-order valence-electron chi connectivity index (χ0n) is 12.6. The van der Waals surface area contributed by atoms with Gasteiger partial charge in [-0.2, -0.15) is 0 Å². The molecule has 0 saturated heterocycles. The standard InChI is InChI=1S/C17H26N2O2/c18-16-9-7-15(8-10-16)17(20)19-11-4-12-21-13-14-5-2-1-3-6-14/h1-3,5-6,15-16H,4,7-13,18H2,(H,19,20). The maximum Gasteiger partial charge on any atom is 0.223 e. The third kappa shape index (κ3) is 5.86. The van der Waals surface area contributed by atoms with E-state index in [1.807, 2.05) is 18.2 Å². The van der Waals surface area contributed by atoms with Gasteiger partial charge in [0.15, 0.2) is 0 Å². The first-order valence-electron chi connectivity index (χ1n) is 7.90. The number of hydrogen-bond acceptors (Lipinski definition) is 3. The van der Waals surface area contributed by atoms with E-state index in [1.54, 1.807) is 0 Å². The summed E-state index contributed by atoms with van der Waals surface area (Å²) in [6.45, 7) is 2.00. The predicted octanol–water partition coefficient (Wildman–Crippen LogP) is 2.23. The summed E-state index contributed by atoms with van der Waals surface area (Å²) in [7, 11) is 0. The van der Waals surface area contributed by atoms with Crippen LogP contribution in [0.4, 0.5) is 0 Å². The van der Waals surface area contributed by atoms with Crippen molar-refractivity contribution in [3.05, 3.63) is 35.9 Å². The molecule has 4 heteroatoms. The average Bonchev–Trinajstić information content (AvgIpc) is 2.52. The minimum atomic E-state index is 0.162. The Bertz CT molecular complexity index is 414. The van der Waals surface area contributed by atoms with E-state index >= 15 is 0 Å². The summed E-state index contributed by atoms with van der Waals surface area (Å²) in [5.41, 5.74) is 7.03. The van der Waals surface area contributed by atoms with Crippen LogP contribution < -0.4 is 11.1 Å². The number of hydrogen-bond donors (Lipinski definition) is 2. The normalized spacial score (nSPS) is 22.0. The fraction of sp³-hybridized carbons (Fsp3) is 0.588. The molecule has 4 nitrogen and oxygen atoms in total. The summed E-state index contributed by atoms with van der Waals surface area (Å²) in [5.74, 6) is 0.347. The molecule has 0 aromatic heterocycles. The molecule has 21 heavy (non-hydrogen) atoms. The lowest BCUT2D eigenvalue weighted by atomic mass is 9.86. The number of rotatable bonds is 7. The highest BCUT2D eigenvalue weighted by Gasteiger charge is 2.23. The second kappa shape index (κ2) is 8.80. The van der Waals surface area contributed by atoms with Gasteiger partial charge in [0.1, 0.15) is 0 Å². The lowest BCUT2D eigenvalue weighted by Crippen LogP contribution is -2.36.